The van der Waals surface area contributed by atoms with Gasteiger partial charge >= 0.3 is 0 Å². The van der Waals surface area contributed by atoms with Gasteiger partial charge in [0.2, 0.25) is 0 Å². The van der Waals surface area contributed by atoms with Crippen LogP contribution < -0.4 is 4.74 Å². The van der Waals surface area contributed by atoms with Crippen molar-refractivity contribution in [2.45, 2.75) is 47.0 Å². The molecule has 1 heteroatoms. The highest BCUT2D eigenvalue weighted by Crippen LogP contribution is 2.25. The van der Waals surface area contributed by atoms with Crippen LogP contribution >= 0.6 is 0 Å². The fraction of sp³-hybridized carbons (Fsp3) is 0.400. The maximum Gasteiger partial charge on any atom is 0.122 e. The summed E-state index contributed by atoms with van der Waals surface area (Å²) >= 11 is 0. The molecule has 0 fully saturated rings. The number of hydrogen-bond acceptors (Lipinski definition) is 1. The highest BCUT2D eigenvalue weighted by molar-refractivity contribution is 5.44. The Hall–Kier alpha value is -1.76. The van der Waals surface area contributed by atoms with Crippen molar-refractivity contribution in [1.82, 2.24) is 0 Å². The summed E-state index contributed by atoms with van der Waals surface area (Å²) < 4.78 is 5.66. The van der Waals surface area contributed by atoms with Gasteiger partial charge in [0.1, 0.15) is 5.75 Å². The maximum absolute atomic E-state index is 5.66. The van der Waals surface area contributed by atoms with Crippen LogP contribution in [0.15, 0.2) is 36.4 Å². The average molecular weight is 282 g/mol. The second-order valence-electron chi connectivity index (χ2n) is 5.58. The van der Waals surface area contributed by atoms with Crippen LogP contribution in [-0.2, 0) is 19.3 Å². The van der Waals surface area contributed by atoms with Crippen molar-refractivity contribution < 1.29 is 4.74 Å². The molecule has 2 rings (SSSR count). The summed E-state index contributed by atoms with van der Waals surface area (Å²) in [6.07, 6.45) is 3.29. The van der Waals surface area contributed by atoms with Crippen molar-refractivity contribution in [3.05, 3.63) is 64.2 Å². The Bertz CT molecular complexity index is 582. The van der Waals surface area contributed by atoms with Gasteiger partial charge in [-0.25, -0.2) is 0 Å². The molecule has 0 amide bonds. The summed E-state index contributed by atoms with van der Waals surface area (Å²) in [7, 11) is 0. The molecule has 0 aliphatic heterocycles. The van der Waals surface area contributed by atoms with Gasteiger partial charge in [-0.2, -0.15) is 0 Å². The molecule has 0 heterocycles. The Morgan fingerprint density at radius 2 is 1.43 bits per heavy atom. The highest BCUT2D eigenvalue weighted by Gasteiger charge is 2.07. The Balaban J connectivity index is 2.07. The topological polar surface area (TPSA) is 9.23 Å². The molecule has 0 aliphatic rings. The third-order valence-electron chi connectivity index (χ3n) is 4.26. The summed E-state index contributed by atoms with van der Waals surface area (Å²) in [6, 6.07) is 13.3. The molecule has 0 aromatic heterocycles. The van der Waals surface area contributed by atoms with Gasteiger partial charge in [0.05, 0.1) is 6.61 Å². The summed E-state index contributed by atoms with van der Waals surface area (Å²) in [5.74, 6) is 1.02. The second kappa shape index (κ2) is 7.31. The first-order chi connectivity index (χ1) is 10.2. The highest BCUT2D eigenvalue weighted by atomic mass is 16.5. The third kappa shape index (κ3) is 3.87. The van der Waals surface area contributed by atoms with E-state index < -0.39 is 0 Å². The van der Waals surface area contributed by atoms with Crippen molar-refractivity contribution in [3.63, 3.8) is 0 Å². The predicted molar refractivity (Wildman–Crippen MR) is 90.3 cm³/mol. The van der Waals surface area contributed by atoms with Crippen LogP contribution in [-0.4, -0.2) is 6.61 Å². The molecule has 0 radical (unpaired) electrons. The first-order valence-electron chi connectivity index (χ1n) is 7.95. The van der Waals surface area contributed by atoms with Crippen molar-refractivity contribution in [1.29, 1.82) is 0 Å². The van der Waals surface area contributed by atoms with E-state index in [0.29, 0.717) is 0 Å². The smallest absolute Gasteiger partial charge is 0.122 e. The SMILES string of the molecule is CCOc1ccc(CCc2ccc(CC)cc2)c(C)c1C. The number of aryl methyl sites for hydroxylation is 3. The molecular formula is C20H26O. The molecule has 21 heavy (non-hydrogen) atoms. The number of benzene rings is 2. The Morgan fingerprint density at radius 3 is 2.05 bits per heavy atom. The molecule has 1 nitrogen and oxygen atoms in total. The summed E-state index contributed by atoms with van der Waals surface area (Å²) in [5.41, 5.74) is 6.89. The van der Waals surface area contributed by atoms with E-state index in [2.05, 4.69) is 57.2 Å². The first-order valence-corrected chi connectivity index (χ1v) is 7.95. The number of rotatable bonds is 6. The molecule has 0 unspecified atom stereocenters. The molecule has 0 saturated heterocycles. The van der Waals surface area contributed by atoms with Crippen molar-refractivity contribution in [3.8, 4) is 5.75 Å². The molecular weight excluding hydrogens is 256 g/mol. The van der Waals surface area contributed by atoms with Crippen molar-refractivity contribution in [2.24, 2.45) is 0 Å². The predicted octanol–water partition coefficient (Wildman–Crippen LogP) is 5.05. The molecule has 2 aromatic carbocycles. The van der Waals surface area contributed by atoms with Gasteiger partial charge in [-0.15, -0.1) is 0 Å². The number of ether oxygens (including phenoxy) is 1. The van der Waals surface area contributed by atoms with Gasteiger partial charge in [-0.05, 0) is 73.9 Å². The van der Waals surface area contributed by atoms with Gasteiger partial charge in [0.25, 0.3) is 0 Å². The summed E-state index contributed by atoms with van der Waals surface area (Å²) in [5, 5.41) is 0. The Kier molecular flexibility index (Phi) is 5.44. The van der Waals surface area contributed by atoms with E-state index in [4.69, 9.17) is 4.74 Å². The van der Waals surface area contributed by atoms with Crippen molar-refractivity contribution >= 4 is 0 Å². The molecule has 0 spiro atoms. The van der Waals surface area contributed by atoms with Crippen LogP contribution in [0.4, 0.5) is 0 Å². The fourth-order valence-electron chi connectivity index (χ4n) is 2.66. The average Bonchev–Trinajstić information content (AvgIpc) is 2.52. The van der Waals surface area contributed by atoms with Gasteiger partial charge in [0, 0.05) is 0 Å². The van der Waals surface area contributed by atoms with Gasteiger partial charge in [0.15, 0.2) is 0 Å². The van der Waals surface area contributed by atoms with E-state index in [1.54, 1.807) is 0 Å². The fourth-order valence-corrected chi connectivity index (χ4v) is 2.66. The minimum Gasteiger partial charge on any atom is -0.494 e. The second-order valence-corrected chi connectivity index (χ2v) is 5.58. The van der Waals surface area contributed by atoms with Crippen LogP contribution in [0, 0.1) is 13.8 Å². The lowest BCUT2D eigenvalue weighted by Gasteiger charge is -2.14. The normalized spacial score (nSPS) is 10.7. The molecule has 0 aliphatic carbocycles. The van der Waals surface area contributed by atoms with E-state index in [-0.39, 0.29) is 0 Å². The Morgan fingerprint density at radius 1 is 0.762 bits per heavy atom. The molecule has 0 atom stereocenters. The van der Waals surface area contributed by atoms with Crippen LogP contribution in [0.1, 0.15) is 41.7 Å². The standard InChI is InChI=1S/C20H26O/c1-5-17-7-9-18(10-8-17)11-12-19-13-14-20(21-6-2)16(4)15(19)3/h7-10,13-14H,5-6,11-12H2,1-4H3. The van der Waals surface area contributed by atoms with E-state index >= 15 is 0 Å². The molecule has 0 bridgehead atoms. The summed E-state index contributed by atoms with van der Waals surface area (Å²) in [6.45, 7) is 9.31. The quantitative estimate of drug-likeness (QED) is 0.720. The van der Waals surface area contributed by atoms with Gasteiger partial charge in [-0.3, -0.25) is 0 Å². The van der Waals surface area contributed by atoms with Crippen LogP contribution in [0.2, 0.25) is 0 Å². The monoisotopic (exact) mass is 282 g/mol. The third-order valence-corrected chi connectivity index (χ3v) is 4.26. The minimum absolute atomic E-state index is 0.726. The Labute approximate surface area is 129 Å². The lowest BCUT2D eigenvalue weighted by atomic mass is 9.96. The van der Waals surface area contributed by atoms with Crippen LogP contribution in [0.3, 0.4) is 0 Å². The van der Waals surface area contributed by atoms with Gasteiger partial charge < -0.3 is 4.74 Å². The zero-order chi connectivity index (χ0) is 15.2. The van der Waals surface area contributed by atoms with Crippen LogP contribution in [0.25, 0.3) is 0 Å². The minimum atomic E-state index is 0.726. The maximum atomic E-state index is 5.66. The lowest BCUT2D eigenvalue weighted by Crippen LogP contribution is -2.00. The molecule has 112 valence electrons. The van der Waals surface area contributed by atoms with E-state index in [1.807, 2.05) is 6.92 Å². The van der Waals surface area contributed by atoms with E-state index in [9.17, 15) is 0 Å². The summed E-state index contributed by atoms with van der Waals surface area (Å²) in [4.78, 5) is 0. The zero-order valence-electron chi connectivity index (χ0n) is 13.7. The molecule has 0 saturated carbocycles. The van der Waals surface area contributed by atoms with E-state index in [1.165, 1.54) is 27.8 Å². The lowest BCUT2D eigenvalue weighted by molar-refractivity contribution is 0.337. The first kappa shape index (κ1) is 15.6. The number of hydrogen-bond donors (Lipinski definition) is 0. The van der Waals surface area contributed by atoms with Crippen molar-refractivity contribution in [2.75, 3.05) is 6.61 Å². The molecule has 2 aromatic rings. The zero-order valence-corrected chi connectivity index (χ0v) is 13.7. The molecule has 0 N–H and O–H groups in total. The van der Waals surface area contributed by atoms with Gasteiger partial charge in [-0.1, -0.05) is 37.3 Å². The van der Waals surface area contributed by atoms with E-state index in [0.717, 1.165) is 31.6 Å². The largest absolute Gasteiger partial charge is 0.494 e. The van der Waals surface area contributed by atoms with Crippen LogP contribution in [0.5, 0.6) is 5.75 Å².